The molecule has 1 aliphatic carbocycles. The van der Waals surface area contributed by atoms with Gasteiger partial charge < -0.3 is 5.32 Å². The van der Waals surface area contributed by atoms with Crippen LogP contribution in [-0.2, 0) is 10.2 Å². The van der Waals surface area contributed by atoms with Gasteiger partial charge in [-0.3, -0.25) is 4.72 Å². The van der Waals surface area contributed by atoms with Gasteiger partial charge in [-0.1, -0.05) is 0 Å². The summed E-state index contributed by atoms with van der Waals surface area (Å²) in [4.78, 5) is 4.19. The highest BCUT2D eigenvalue weighted by molar-refractivity contribution is 9.10. The van der Waals surface area contributed by atoms with Gasteiger partial charge in [0.1, 0.15) is 5.82 Å². The molecule has 1 aliphatic rings. The molecule has 0 aromatic carbocycles. The number of aromatic nitrogens is 1. The van der Waals surface area contributed by atoms with Gasteiger partial charge in [0.05, 0.1) is 5.69 Å². The molecule has 0 unspecified atom stereocenters. The molecule has 21 heavy (non-hydrogen) atoms. The molecule has 0 bridgehead atoms. The molecule has 0 atom stereocenters. The van der Waals surface area contributed by atoms with E-state index in [1.54, 1.807) is 19.2 Å². The number of nitrogens with one attached hydrogen (secondary N) is 2. The summed E-state index contributed by atoms with van der Waals surface area (Å²) >= 11 is 3.34. The second-order valence-electron chi connectivity index (χ2n) is 5.27. The average Bonchev–Trinajstić information content (AvgIpc) is 3.22. The summed E-state index contributed by atoms with van der Waals surface area (Å²) in [5, 5.41) is 3.37. The minimum atomic E-state index is -3.55. The Bertz CT molecular complexity index is 590. The Hall–Kier alpha value is -0.700. The van der Waals surface area contributed by atoms with Crippen molar-refractivity contribution in [1.29, 1.82) is 0 Å². The highest BCUT2D eigenvalue weighted by atomic mass is 79.9. The van der Waals surface area contributed by atoms with Crippen molar-refractivity contribution in [3.63, 3.8) is 0 Å². The third-order valence-electron chi connectivity index (χ3n) is 3.33. The van der Waals surface area contributed by atoms with Crippen LogP contribution in [0.25, 0.3) is 0 Å². The first-order chi connectivity index (χ1) is 9.88. The molecule has 8 heteroatoms. The Morgan fingerprint density at radius 2 is 2.14 bits per heavy atom. The lowest BCUT2D eigenvalue weighted by atomic mass is 10.4. The summed E-state index contributed by atoms with van der Waals surface area (Å²) in [6.07, 6.45) is 3.27. The second-order valence-corrected chi connectivity index (χ2v) is 7.91. The lowest BCUT2D eigenvalue weighted by Gasteiger charge is -2.18. The van der Waals surface area contributed by atoms with Crippen LogP contribution in [-0.4, -0.2) is 43.9 Å². The number of aryl methyl sites for hydroxylation is 1. The highest BCUT2D eigenvalue weighted by Crippen LogP contribution is 2.19. The van der Waals surface area contributed by atoms with Crippen LogP contribution >= 0.6 is 15.9 Å². The summed E-state index contributed by atoms with van der Waals surface area (Å²) in [5.41, 5.74) is 0.742. The largest absolute Gasteiger partial charge is 0.314 e. The minimum Gasteiger partial charge on any atom is -0.314 e. The van der Waals surface area contributed by atoms with E-state index >= 15 is 0 Å². The Kier molecular flexibility index (Phi) is 5.59. The molecule has 2 N–H and O–H groups in total. The molecule has 6 nitrogen and oxygen atoms in total. The van der Waals surface area contributed by atoms with Gasteiger partial charge in [0.15, 0.2) is 0 Å². The maximum atomic E-state index is 12.2. The SMILES string of the molecule is Cc1nc(NS(=O)(=O)N(C)CCCNC2CC2)ccc1Br. The van der Waals surface area contributed by atoms with Crippen molar-refractivity contribution >= 4 is 32.0 Å². The third-order valence-corrected chi connectivity index (χ3v) is 5.63. The first kappa shape index (κ1) is 16.7. The van der Waals surface area contributed by atoms with Crippen LogP contribution in [0.1, 0.15) is 25.0 Å². The van der Waals surface area contributed by atoms with Gasteiger partial charge in [-0.15, -0.1) is 0 Å². The quantitative estimate of drug-likeness (QED) is 0.679. The molecule has 1 heterocycles. The van der Waals surface area contributed by atoms with Crippen molar-refractivity contribution in [2.45, 2.75) is 32.2 Å². The zero-order valence-corrected chi connectivity index (χ0v) is 14.7. The molecule has 1 aromatic rings. The fourth-order valence-electron chi connectivity index (χ4n) is 1.83. The fourth-order valence-corrected chi connectivity index (χ4v) is 2.95. The van der Waals surface area contributed by atoms with E-state index in [2.05, 4.69) is 31.0 Å². The number of anilines is 1. The lowest BCUT2D eigenvalue weighted by molar-refractivity contribution is 0.457. The number of hydrogen-bond acceptors (Lipinski definition) is 4. The predicted octanol–water partition coefficient (Wildman–Crippen LogP) is 1.88. The van der Waals surface area contributed by atoms with Crippen LogP contribution < -0.4 is 10.0 Å². The molecule has 0 spiro atoms. The number of nitrogens with zero attached hydrogens (tertiary/aromatic N) is 2. The predicted molar refractivity (Wildman–Crippen MR) is 87.5 cm³/mol. The van der Waals surface area contributed by atoms with E-state index in [4.69, 9.17) is 0 Å². The van der Waals surface area contributed by atoms with Gasteiger partial charge in [0, 0.05) is 24.1 Å². The van der Waals surface area contributed by atoms with E-state index in [1.165, 1.54) is 17.1 Å². The molecular weight excluding hydrogens is 356 g/mol. The second kappa shape index (κ2) is 7.04. The molecule has 0 amide bonds. The van der Waals surface area contributed by atoms with Crippen LogP contribution in [0.5, 0.6) is 0 Å². The summed E-state index contributed by atoms with van der Waals surface area (Å²) in [6.45, 7) is 3.14. The zero-order valence-electron chi connectivity index (χ0n) is 12.3. The summed E-state index contributed by atoms with van der Waals surface area (Å²) in [7, 11) is -1.98. The average molecular weight is 377 g/mol. The Morgan fingerprint density at radius 3 is 2.76 bits per heavy atom. The topological polar surface area (TPSA) is 74.3 Å². The maximum absolute atomic E-state index is 12.2. The van der Waals surface area contributed by atoms with Crippen molar-refractivity contribution in [2.75, 3.05) is 24.9 Å². The van der Waals surface area contributed by atoms with Crippen LogP contribution in [0.15, 0.2) is 16.6 Å². The van der Waals surface area contributed by atoms with Crippen molar-refractivity contribution in [3.05, 3.63) is 22.3 Å². The van der Waals surface area contributed by atoms with Gasteiger partial charge in [0.25, 0.3) is 0 Å². The van der Waals surface area contributed by atoms with E-state index in [0.717, 1.165) is 23.1 Å². The smallest absolute Gasteiger partial charge is 0.302 e. The Labute approximate surface area is 134 Å². The van der Waals surface area contributed by atoms with Crippen molar-refractivity contribution in [3.8, 4) is 0 Å². The Balaban J connectivity index is 1.85. The van der Waals surface area contributed by atoms with Crippen LogP contribution in [0.2, 0.25) is 0 Å². The number of pyridine rings is 1. The van der Waals surface area contributed by atoms with Gasteiger partial charge in [-0.2, -0.15) is 12.7 Å². The summed E-state index contributed by atoms with van der Waals surface area (Å²) in [6, 6.07) is 4.07. The third kappa shape index (κ3) is 5.21. The summed E-state index contributed by atoms with van der Waals surface area (Å²) < 4.78 is 29.0. The standard InChI is InChI=1S/C13H21BrN4O2S/c1-10-12(14)6-7-13(16-10)17-21(19,20)18(2)9-3-8-15-11-4-5-11/h6-7,11,15H,3-5,8-9H2,1-2H3,(H,16,17). The van der Waals surface area contributed by atoms with Gasteiger partial charge in [-0.05, 0) is 60.8 Å². The van der Waals surface area contributed by atoms with E-state index in [0.29, 0.717) is 18.4 Å². The van der Waals surface area contributed by atoms with Gasteiger partial charge >= 0.3 is 10.2 Å². The number of halogens is 1. The van der Waals surface area contributed by atoms with Crippen molar-refractivity contribution in [2.24, 2.45) is 0 Å². The van der Waals surface area contributed by atoms with Gasteiger partial charge in [-0.25, -0.2) is 4.98 Å². The van der Waals surface area contributed by atoms with E-state index in [-0.39, 0.29) is 0 Å². The highest BCUT2D eigenvalue weighted by Gasteiger charge is 2.21. The van der Waals surface area contributed by atoms with E-state index in [9.17, 15) is 8.42 Å². The molecule has 0 saturated heterocycles. The molecule has 118 valence electrons. The molecule has 1 saturated carbocycles. The number of hydrogen-bond donors (Lipinski definition) is 2. The minimum absolute atomic E-state index is 0.332. The molecule has 1 fully saturated rings. The van der Waals surface area contributed by atoms with Crippen LogP contribution in [0.3, 0.4) is 0 Å². The van der Waals surface area contributed by atoms with Crippen LogP contribution in [0.4, 0.5) is 5.82 Å². The van der Waals surface area contributed by atoms with Gasteiger partial charge in [0.2, 0.25) is 0 Å². The monoisotopic (exact) mass is 376 g/mol. The maximum Gasteiger partial charge on any atom is 0.302 e. The first-order valence-corrected chi connectivity index (χ1v) is 9.22. The lowest BCUT2D eigenvalue weighted by Crippen LogP contribution is -2.35. The summed E-state index contributed by atoms with van der Waals surface area (Å²) in [5.74, 6) is 0.332. The molecule has 0 aliphatic heterocycles. The normalized spacial score (nSPS) is 15.4. The number of rotatable bonds is 8. The zero-order chi connectivity index (χ0) is 15.5. The molecular formula is C13H21BrN4O2S. The first-order valence-electron chi connectivity index (χ1n) is 6.99. The van der Waals surface area contributed by atoms with Crippen LogP contribution in [0, 0.1) is 6.92 Å². The van der Waals surface area contributed by atoms with Crippen molar-refractivity contribution in [1.82, 2.24) is 14.6 Å². The Morgan fingerprint density at radius 1 is 1.43 bits per heavy atom. The molecule has 1 aromatic heterocycles. The fraction of sp³-hybridized carbons (Fsp3) is 0.615. The molecule has 0 radical (unpaired) electrons. The van der Waals surface area contributed by atoms with E-state index in [1.807, 2.05) is 6.92 Å². The molecule has 2 rings (SSSR count). The van der Waals surface area contributed by atoms with Crippen molar-refractivity contribution < 1.29 is 8.42 Å². The van der Waals surface area contributed by atoms with E-state index < -0.39 is 10.2 Å².